The standard InChI is InChI=1S/C23H16O2/c24-22-16-19(15-14-17-8-3-1-4-9-17)25-23-20(12-7-13-21(22)23)18-10-5-2-6-11-18/h1-13,19H,16H2/t19-/m0/s1. The molecule has 0 fully saturated rings. The molecule has 0 spiro atoms. The van der Waals surface area contributed by atoms with Crippen molar-refractivity contribution in [2.45, 2.75) is 12.5 Å². The second-order valence-corrected chi connectivity index (χ2v) is 5.92. The highest BCUT2D eigenvalue weighted by Gasteiger charge is 2.27. The summed E-state index contributed by atoms with van der Waals surface area (Å²) in [6.07, 6.45) is -0.143. The zero-order valence-corrected chi connectivity index (χ0v) is 13.6. The Kier molecular flexibility index (Phi) is 4.06. The molecule has 1 aliphatic rings. The van der Waals surface area contributed by atoms with Crippen LogP contribution in [0.5, 0.6) is 5.75 Å². The van der Waals surface area contributed by atoms with Gasteiger partial charge in [0.2, 0.25) is 0 Å². The number of Topliss-reactive ketones (excluding diaryl/α,β-unsaturated/α-hetero) is 1. The van der Waals surface area contributed by atoms with Gasteiger partial charge in [-0.1, -0.05) is 72.5 Å². The van der Waals surface area contributed by atoms with Gasteiger partial charge in [-0.25, -0.2) is 0 Å². The van der Waals surface area contributed by atoms with E-state index in [1.807, 2.05) is 78.9 Å². The highest BCUT2D eigenvalue weighted by molar-refractivity contribution is 6.02. The average Bonchev–Trinajstić information content (AvgIpc) is 2.67. The van der Waals surface area contributed by atoms with Crippen molar-refractivity contribution in [3.05, 3.63) is 90.0 Å². The molecule has 3 aromatic rings. The van der Waals surface area contributed by atoms with Crippen LogP contribution in [-0.4, -0.2) is 11.9 Å². The van der Waals surface area contributed by atoms with Crippen LogP contribution in [0.25, 0.3) is 11.1 Å². The van der Waals surface area contributed by atoms with Gasteiger partial charge in [0, 0.05) is 11.1 Å². The summed E-state index contributed by atoms with van der Waals surface area (Å²) in [5, 5.41) is 0. The second kappa shape index (κ2) is 6.67. The summed E-state index contributed by atoms with van der Waals surface area (Å²) in [4.78, 5) is 12.5. The molecule has 2 nitrogen and oxygen atoms in total. The molecular formula is C23H16O2. The molecule has 25 heavy (non-hydrogen) atoms. The van der Waals surface area contributed by atoms with Gasteiger partial charge >= 0.3 is 0 Å². The van der Waals surface area contributed by atoms with Gasteiger partial charge < -0.3 is 4.74 Å². The number of rotatable bonds is 1. The summed E-state index contributed by atoms with van der Waals surface area (Å²) in [7, 11) is 0. The van der Waals surface area contributed by atoms with Crippen LogP contribution in [0.3, 0.4) is 0 Å². The molecule has 0 bridgehead atoms. The van der Waals surface area contributed by atoms with Crippen LogP contribution in [0.15, 0.2) is 78.9 Å². The van der Waals surface area contributed by atoms with E-state index in [-0.39, 0.29) is 12.2 Å². The van der Waals surface area contributed by atoms with Crippen molar-refractivity contribution < 1.29 is 9.53 Å². The quantitative estimate of drug-likeness (QED) is 0.604. The summed E-state index contributed by atoms with van der Waals surface area (Å²) >= 11 is 0. The molecule has 1 heterocycles. The van der Waals surface area contributed by atoms with Crippen molar-refractivity contribution in [3.63, 3.8) is 0 Å². The van der Waals surface area contributed by atoms with E-state index in [9.17, 15) is 4.79 Å². The number of ether oxygens (including phenoxy) is 1. The molecule has 0 aliphatic carbocycles. The fraction of sp³-hybridized carbons (Fsp3) is 0.0870. The molecule has 0 saturated carbocycles. The Bertz CT molecular complexity index is 963. The Balaban J connectivity index is 1.70. The molecule has 0 saturated heterocycles. The molecule has 0 unspecified atom stereocenters. The van der Waals surface area contributed by atoms with Crippen molar-refractivity contribution >= 4 is 5.78 Å². The van der Waals surface area contributed by atoms with E-state index >= 15 is 0 Å². The molecule has 3 aromatic carbocycles. The van der Waals surface area contributed by atoms with E-state index in [1.54, 1.807) is 0 Å². The number of benzene rings is 3. The van der Waals surface area contributed by atoms with Crippen molar-refractivity contribution in [2.75, 3.05) is 0 Å². The average molecular weight is 324 g/mol. The third kappa shape index (κ3) is 3.18. The van der Waals surface area contributed by atoms with E-state index < -0.39 is 6.10 Å². The molecule has 120 valence electrons. The fourth-order valence-electron chi connectivity index (χ4n) is 2.96. The fourth-order valence-corrected chi connectivity index (χ4v) is 2.96. The van der Waals surface area contributed by atoms with E-state index in [0.29, 0.717) is 11.3 Å². The Hall–Kier alpha value is -3.31. The Labute approximate surface area is 147 Å². The first-order valence-electron chi connectivity index (χ1n) is 8.26. The summed E-state index contributed by atoms with van der Waals surface area (Å²) in [6, 6.07) is 25.4. The second-order valence-electron chi connectivity index (χ2n) is 5.92. The van der Waals surface area contributed by atoms with Gasteiger partial charge in [-0.2, -0.15) is 0 Å². The number of fused-ring (bicyclic) bond motifs is 1. The maximum atomic E-state index is 12.5. The van der Waals surface area contributed by atoms with Gasteiger partial charge in [-0.05, 0) is 23.8 Å². The number of carbonyl (C=O) groups excluding carboxylic acids is 1. The third-order valence-electron chi connectivity index (χ3n) is 4.18. The van der Waals surface area contributed by atoms with E-state index in [0.717, 1.165) is 16.7 Å². The molecule has 1 atom stereocenters. The van der Waals surface area contributed by atoms with Crippen molar-refractivity contribution in [1.29, 1.82) is 0 Å². The summed E-state index contributed by atoms with van der Waals surface area (Å²) in [6.45, 7) is 0. The first-order chi connectivity index (χ1) is 12.3. The lowest BCUT2D eigenvalue weighted by Crippen LogP contribution is -2.26. The molecular weight excluding hydrogens is 308 g/mol. The van der Waals surface area contributed by atoms with Crippen LogP contribution in [0.2, 0.25) is 0 Å². The minimum Gasteiger partial charge on any atom is -0.476 e. The van der Waals surface area contributed by atoms with E-state index in [4.69, 9.17) is 4.74 Å². The maximum Gasteiger partial charge on any atom is 0.171 e. The molecule has 2 heteroatoms. The highest BCUT2D eigenvalue weighted by Crippen LogP contribution is 2.37. The molecule has 0 aromatic heterocycles. The zero-order valence-electron chi connectivity index (χ0n) is 13.6. The van der Waals surface area contributed by atoms with Crippen LogP contribution < -0.4 is 4.74 Å². The Morgan fingerprint density at radius 2 is 1.48 bits per heavy atom. The topological polar surface area (TPSA) is 26.3 Å². The summed E-state index contributed by atoms with van der Waals surface area (Å²) < 4.78 is 6.12. The van der Waals surface area contributed by atoms with Crippen LogP contribution in [0, 0.1) is 11.8 Å². The smallest absolute Gasteiger partial charge is 0.171 e. The van der Waals surface area contributed by atoms with Crippen LogP contribution in [0.1, 0.15) is 22.3 Å². The van der Waals surface area contributed by atoms with Crippen molar-refractivity contribution in [1.82, 2.24) is 0 Å². The predicted molar refractivity (Wildman–Crippen MR) is 98.6 cm³/mol. The van der Waals surface area contributed by atoms with E-state index in [2.05, 4.69) is 11.8 Å². The third-order valence-corrected chi connectivity index (χ3v) is 4.18. The molecule has 1 aliphatic heterocycles. The zero-order chi connectivity index (χ0) is 17.1. The lowest BCUT2D eigenvalue weighted by Gasteiger charge is -2.24. The maximum absolute atomic E-state index is 12.5. The molecule has 0 radical (unpaired) electrons. The normalized spacial score (nSPS) is 15.5. The monoisotopic (exact) mass is 324 g/mol. The largest absolute Gasteiger partial charge is 0.476 e. The summed E-state index contributed by atoms with van der Waals surface area (Å²) in [5.41, 5.74) is 3.52. The molecule has 0 amide bonds. The summed E-state index contributed by atoms with van der Waals surface area (Å²) in [5.74, 6) is 6.90. The number of hydrogen-bond donors (Lipinski definition) is 0. The van der Waals surface area contributed by atoms with Crippen molar-refractivity contribution in [2.24, 2.45) is 0 Å². The number of para-hydroxylation sites is 1. The minimum atomic E-state index is -0.426. The lowest BCUT2D eigenvalue weighted by atomic mass is 9.95. The lowest BCUT2D eigenvalue weighted by molar-refractivity contribution is 0.0900. The first-order valence-corrected chi connectivity index (χ1v) is 8.26. The van der Waals surface area contributed by atoms with Gasteiger partial charge in [0.05, 0.1) is 12.0 Å². The molecule has 0 N–H and O–H groups in total. The number of hydrogen-bond acceptors (Lipinski definition) is 2. The van der Waals surface area contributed by atoms with Crippen LogP contribution in [-0.2, 0) is 0 Å². The van der Waals surface area contributed by atoms with Gasteiger partial charge in [-0.15, -0.1) is 0 Å². The first kappa shape index (κ1) is 15.2. The Morgan fingerprint density at radius 1 is 0.800 bits per heavy atom. The van der Waals surface area contributed by atoms with E-state index in [1.165, 1.54) is 0 Å². The highest BCUT2D eigenvalue weighted by atomic mass is 16.5. The predicted octanol–water partition coefficient (Wildman–Crippen LogP) is 4.74. The van der Waals surface area contributed by atoms with Gasteiger partial charge in [0.25, 0.3) is 0 Å². The minimum absolute atomic E-state index is 0.0754. The molecule has 4 rings (SSSR count). The number of ketones is 1. The van der Waals surface area contributed by atoms with Gasteiger partial charge in [0.1, 0.15) is 5.75 Å². The number of carbonyl (C=O) groups is 1. The SMILES string of the molecule is O=C1C[C@H](C#Cc2ccccc2)Oc2c1cccc2-c1ccccc1. The van der Waals surface area contributed by atoms with Gasteiger partial charge in [0.15, 0.2) is 11.9 Å². The van der Waals surface area contributed by atoms with Gasteiger partial charge in [-0.3, -0.25) is 4.79 Å². The van der Waals surface area contributed by atoms with Crippen molar-refractivity contribution in [3.8, 4) is 28.7 Å². The van der Waals surface area contributed by atoms with Crippen LogP contribution >= 0.6 is 0 Å². The Morgan fingerprint density at radius 3 is 2.24 bits per heavy atom. The van der Waals surface area contributed by atoms with Crippen LogP contribution in [0.4, 0.5) is 0 Å².